The first kappa shape index (κ1) is 20.0. The zero-order valence-corrected chi connectivity index (χ0v) is 14.8. The number of carboxylic acid groups (broad SMARTS) is 1. The lowest BCUT2D eigenvalue weighted by Gasteiger charge is -2.38. The van der Waals surface area contributed by atoms with Crippen molar-refractivity contribution in [2.45, 2.75) is 43.3 Å². The summed E-state index contributed by atoms with van der Waals surface area (Å²) in [5, 5.41) is 8.76. The van der Waals surface area contributed by atoms with E-state index in [0.717, 1.165) is 10.4 Å². The molecule has 0 amide bonds. The van der Waals surface area contributed by atoms with Gasteiger partial charge in [-0.3, -0.25) is 4.79 Å². The van der Waals surface area contributed by atoms with Crippen molar-refractivity contribution in [2.75, 3.05) is 6.54 Å². The molecule has 1 aliphatic rings. The second kappa shape index (κ2) is 7.13. The molecule has 2 unspecified atom stereocenters. The molecule has 0 aromatic heterocycles. The second-order valence-corrected chi connectivity index (χ2v) is 8.09. The quantitative estimate of drug-likeness (QED) is 0.839. The molecule has 1 aromatic carbocycles. The normalized spacial score (nSPS) is 22.8. The molecule has 5 nitrogen and oxygen atoms in total. The molecule has 0 bridgehead atoms. The molecule has 1 aromatic rings. The Morgan fingerprint density at radius 1 is 1.40 bits per heavy atom. The highest BCUT2D eigenvalue weighted by molar-refractivity contribution is 7.89. The molecular weight excluding hydrogens is 383 g/mol. The van der Waals surface area contributed by atoms with Crippen molar-refractivity contribution in [1.82, 2.24) is 4.31 Å². The fourth-order valence-electron chi connectivity index (χ4n) is 3.11. The number of hydrogen-bond donors (Lipinski definition) is 1. The predicted octanol–water partition coefficient (Wildman–Crippen LogP) is 3.62. The maximum absolute atomic E-state index is 12.9. The van der Waals surface area contributed by atoms with Crippen LogP contribution in [0, 0.1) is 5.92 Å². The van der Waals surface area contributed by atoms with Crippen LogP contribution in [-0.2, 0) is 21.0 Å². The minimum atomic E-state index is -4.64. The van der Waals surface area contributed by atoms with Gasteiger partial charge in [0.2, 0.25) is 10.0 Å². The fraction of sp³-hybridized carbons (Fsp3) is 0.533. The van der Waals surface area contributed by atoms with Crippen LogP contribution in [-0.4, -0.2) is 36.4 Å². The SMILES string of the molecule is CCC1C(C(=O)O)CCCN1S(=O)(=O)c1ccc(C(F)(F)F)cc1Cl. The van der Waals surface area contributed by atoms with Crippen molar-refractivity contribution in [1.29, 1.82) is 0 Å². The highest BCUT2D eigenvalue weighted by Gasteiger charge is 2.42. The Morgan fingerprint density at radius 3 is 2.52 bits per heavy atom. The number of hydrogen-bond acceptors (Lipinski definition) is 3. The van der Waals surface area contributed by atoms with Crippen LogP contribution in [0.15, 0.2) is 23.1 Å². The lowest BCUT2D eigenvalue weighted by Crippen LogP contribution is -2.50. The van der Waals surface area contributed by atoms with Crippen LogP contribution in [0.25, 0.3) is 0 Å². The van der Waals surface area contributed by atoms with Crippen LogP contribution < -0.4 is 0 Å². The smallest absolute Gasteiger partial charge is 0.416 e. The Balaban J connectivity index is 2.45. The number of nitrogens with zero attached hydrogens (tertiary/aromatic N) is 1. The van der Waals surface area contributed by atoms with Crippen LogP contribution in [0.2, 0.25) is 5.02 Å². The molecule has 0 spiro atoms. The molecule has 25 heavy (non-hydrogen) atoms. The number of sulfonamides is 1. The number of piperidine rings is 1. The van der Waals surface area contributed by atoms with Gasteiger partial charge in [-0.15, -0.1) is 0 Å². The van der Waals surface area contributed by atoms with Crippen molar-refractivity contribution >= 4 is 27.6 Å². The average molecular weight is 400 g/mol. The van der Waals surface area contributed by atoms with Gasteiger partial charge in [0.25, 0.3) is 0 Å². The topological polar surface area (TPSA) is 74.7 Å². The molecule has 2 atom stereocenters. The van der Waals surface area contributed by atoms with Gasteiger partial charge in [-0.05, 0) is 37.5 Å². The third kappa shape index (κ3) is 3.93. The van der Waals surface area contributed by atoms with Crippen molar-refractivity contribution < 1.29 is 31.5 Å². The molecular formula is C15H17ClF3NO4S. The molecule has 2 rings (SSSR count). The zero-order chi connectivity index (χ0) is 19.0. The van der Waals surface area contributed by atoms with E-state index in [-0.39, 0.29) is 13.0 Å². The molecule has 1 saturated heterocycles. The lowest BCUT2D eigenvalue weighted by atomic mass is 9.89. The number of rotatable bonds is 4. The third-order valence-electron chi connectivity index (χ3n) is 4.31. The largest absolute Gasteiger partial charge is 0.481 e. The monoisotopic (exact) mass is 399 g/mol. The Kier molecular flexibility index (Phi) is 5.70. The standard InChI is InChI=1S/C15H17ClF3NO4S/c1-2-12-10(14(21)22)4-3-7-20(12)25(23,24)13-6-5-9(8-11(13)16)15(17,18)19/h5-6,8,10,12H,2-4,7H2,1H3,(H,21,22). The van der Waals surface area contributed by atoms with Gasteiger partial charge < -0.3 is 5.11 Å². The minimum Gasteiger partial charge on any atom is -0.481 e. The Labute approximate surface area is 148 Å². The number of aliphatic carboxylic acids is 1. The average Bonchev–Trinajstić information content (AvgIpc) is 2.52. The van der Waals surface area contributed by atoms with Crippen molar-refractivity contribution in [2.24, 2.45) is 5.92 Å². The Morgan fingerprint density at radius 2 is 2.04 bits per heavy atom. The first-order valence-electron chi connectivity index (χ1n) is 7.61. The number of benzene rings is 1. The van der Waals surface area contributed by atoms with Gasteiger partial charge in [0.15, 0.2) is 0 Å². The van der Waals surface area contributed by atoms with Crippen molar-refractivity contribution in [3.63, 3.8) is 0 Å². The number of carbonyl (C=O) groups is 1. The van der Waals surface area contributed by atoms with E-state index >= 15 is 0 Å². The molecule has 1 heterocycles. The van der Waals surface area contributed by atoms with Gasteiger partial charge in [0.1, 0.15) is 4.90 Å². The summed E-state index contributed by atoms with van der Waals surface area (Å²) in [7, 11) is -4.21. The summed E-state index contributed by atoms with van der Waals surface area (Å²) in [4.78, 5) is 10.9. The Bertz CT molecular complexity index is 767. The van der Waals surface area contributed by atoms with E-state index in [9.17, 15) is 31.5 Å². The van der Waals surface area contributed by atoms with Gasteiger partial charge in [-0.1, -0.05) is 18.5 Å². The van der Waals surface area contributed by atoms with E-state index in [1.165, 1.54) is 0 Å². The summed E-state index contributed by atoms with van der Waals surface area (Å²) in [5.74, 6) is -1.95. The minimum absolute atomic E-state index is 0.0992. The molecule has 0 aliphatic carbocycles. The predicted molar refractivity (Wildman–Crippen MR) is 84.8 cm³/mol. The molecule has 1 fully saturated rings. The van der Waals surface area contributed by atoms with Crippen molar-refractivity contribution in [3.05, 3.63) is 28.8 Å². The zero-order valence-electron chi connectivity index (χ0n) is 13.3. The number of carboxylic acids is 1. The van der Waals surface area contributed by atoms with Crippen LogP contribution in [0.1, 0.15) is 31.7 Å². The van der Waals surface area contributed by atoms with Crippen LogP contribution in [0.5, 0.6) is 0 Å². The van der Waals surface area contributed by atoms with E-state index in [1.54, 1.807) is 6.92 Å². The molecule has 0 radical (unpaired) electrons. The summed E-state index contributed by atoms with van der Waals surface area (Å²) in [5.41, 5.74) is -1.05. The van der Waals surface area contributed by atoms with E-state index in [1.807, 2.05) is 0 Å². The van der Waals surface area contributed by atoms with Crippen LogP contribution >= 0.6 is 11.6 Å². The maximum Gasteiger partial charge on any atom is 0.416 e. The van der Waals surface area contributed by atoms with Crippen LogP contribution in [0.4, 0.5) is 13.2 Å². The van der Waals surface area contributed by atoms with Crippen LogP contribution in [0.3, 0.4) is 0 Å². The number of halogens is 4. The van der Waals surface area contributed by atoms with Gasteiger partial charge in [0, 0.05) is 12.6 Å². The summed E-state index contributed by atoms with van der Waals surface area (Å²) in [6.45, 7) is 1.77. The molecule has 0 saturated carbocycles. The molecule has 1 N–H and O–H groups in total. The lowest BCUT2D eigenvalue weighted by molar-refractivity contribution is -0.145. The van der Waals surface area contributed by atoms with E-state index in [0.29, 0.717) is 25.0 Å². The molecule has 1 aliphatic heterocycles. The summed E-state index contributed by atoms with van der Waals surface area (Å²) >= 11 is 5.81. The van der Waals surface area contributed by atoms with Gasteiger partial charge in [-0.2, -0.15) is 17.5 Å². The van der Waals surface area contributed by atoms with Gasteiger partial charge >= 0.3 is 12.1 Å². The first-order valence-corrected chi connectivity index (χ1v) is 9.43. The fourth-order valence-corrected chi connectivity index (χ4v) is 5.41. The van der Waals surface area contributed by atoms with Crippen molar-refractivity contribution in [3.8, 4) is 0 Å². The summed E-state index contributed by atoms with van der Waals surface area (Å²) in [6, 6.07) is 1.26. The number of alkyl halides is 3. The highest BCUT2D eigenvalue weighted by Crippen LogP contribution is 2.37. The maximum atomic E-state index is 12.9. The third-order valence-corrected chi connectivity index (χ3v) is 6.72. The Hall–Kier alpha value is -1.32. The highest BCUT2D eigenvalue weighted by atomic mass is 35.5. The first-order chi connectivity index (χ1) is 11.5. The van der Waals surface area contributed by atoms with E-state index in [4.69, 9.17) is 11.6 Å². The second-order valence-electron chi connectivity index (χ2n) is 5.82. The summed E-state index contributed by atoms with van der Waals surface area (Å²) in [6.07, 6.45) is -3.67. The van der Waals surface area contributed by atoms with Gasteiger partial charge in [0.05, 0.1) is 16.5 Å². The van der Waals surface area contributed by atoms with E-state index < -0.39 is 49.6 Å². The molecule has 140 valence electrons. The molecule has 10 heteroatoms. The summed E-state index contributed by atoms with van der Waals surface area (Å²) < 4.78 is 65.0. The van der Waals surface area contributed by atoms with Gasteiger partial charge in [-0.25, -0.2) is 8.42 Å². The van der Waals surface area contributed by atoms with E-state index in [2.05, 4.69) is 0 Å².